The lowest BCUT2D eigenvalue weighted by atomic mass is 10.1. The number of aliphatic carboxylic acids is 1. The molecule has 34 heavy (non-hydrogen) atoms. The van der Waals surface area contributed by atoms with Gasteiger partial charge in [0.25, 0.3) is 5.91 Å². The number of imidazole rings is 1. The van der Waals surface area contributed by atoms with Crippen LogP contribution in [-0.2, 0) is 11.2 Å². The summed E-state index contributed by atoms with van der Waals surface area (Å²) in [6.07, 6.45) is 1.98. The number of hydrogen-bond acceptors (Lipinski definition) is 4. The van der Waals surface area contributed by atoms with Crippen molar-refractivity contribution in [3.8, 4) is 11.3 Å². The molecule has 0 aliphatic rings. The lowest BCUT2D eigenvalue weighted by molar-refractivity contribution is -0.139. The quantitative estimate of drug-likeness (QED) is 0.377. The highest BCUT2D eigenvalue weighted by atomic mass is 16.4. The number of carboxylic acid groups (broad SMARTS) is 1. The minimum atomic E-state index is -1.08. The summed E-state index contributed by atoms with van der Waals surface area (Å²) in [4.78, 5) is 29.5. The molecule has 174 valence electrons. The van der Waals surface area contributed by atoms with E-state index in [-0.39, 0.29) is 12.0 Å². The molecule has 1 amide bonds. The maximum Gasteiger partial charge on any atom is 0.326 e. The van der Waals surface area contributed by atoms with Gasteiger partial charge in [0.2, 0.25) is 0 Å². The summed E-state index contributed by atoms with van der Waals surface area (Å²) in [5, 5.41) is 15.8. The second kappa shape index (κ2) is 9.39. The molecular formula is C27H28N4O3. The molecule has 0 radical (unpaired) electrons. The van der Waals surface area contributed by atoms with Gasteiger partial charge in [-0.2, -0.15) is 0 Å². The number of nitrogens with zero attached hydrogens (tertiary/aromatic N) is 2. The van der Waals surface area contributed by atoms with Gasteiger partial charge in [0.15, 0.2) is 0 Å². The van der Waals surface area contributed by atoms with Gasteiger partial charge in [-0.15, -0.1) is 0 Å². The van der Waals surface area contributed by atoms with Crippen LogP contribution in [0.4, 0.5) is 5.82 Å². The Kier molecular flexibility index (Phi) is 6.36. The molecule has 0 fully saturated rings. The van der Waals surface area contributed by atoms with Crippen molar-refractivity contribution in [2.24, 2.45) is 0 Å². The Labute approximate surface area is 198 Å². The first-order valence-electron chi connectivity index (χ1n) is 11.1. The van der Waals surface area contributed by atoms with Gasteiger partial charge in [-0.1, -0.05) is 60.7 Å². The highest BCUT2D eigenvalue weighted by Crippen LogP contribution is 2.31. The Morgan fingerprint density at radius 3 is 2.26 bits per heavy atom. The third kappa shape index (κ3) is 5.26. The Balaban J connectivity index is 1.66. The SMILES string of the molecule is CC(C)(C)Nc1c(-c2ccccc2)nc2cc(C(=O)NC(Cc3ccccc3)C(=O)O)ccn12. The maximum absolute atomic E-state index is 13.0. The lowest BCUT2D eigenvalue weighted by Gasteiger charge is -2.22. The first-order chi connectivity index (χ1) is 16.2. The zero-order chi connectivity index (χ0) is 24.3. The number of nitrogens with one attached hydrogen (secondary N) is 2. The molecule has 0 spiro atoms. The monoisotopic (exact) mass is 456 g/mol. The number of carbonyl (C=O) groups is 2. The van der Waals surface area contributed by atoms with Gasteiger partial charge in [0, 0.05) is 29.3 Å². The molecule has 2 aromatic carbocycles. The third-order valence-corrected chi connectivity index (χ3v) is 5.32. The van der Waals surface area contributed by atoms with Crippen molar-refractivity contribution in [2.45, 2.75) is 38.8 Å². The minimum absolute atomic E-state index is 0.200. The number of fused-ring (bicyclic) bond motifs is 1. The molecule has 0 aliphatic heterocycles. The van der Waals surface area contributed by atoms with Gasteiger partial charge in [-0.25, -0.2) is 9.78 Å². The molecule has 4 rings (SSSR count). The largest absolute Gasteiger partial charge is 0.480 e. The third-order valence-electron chi connectivity index (χ3n) is 5.32. The van der Waals surface area contributed by atoms with Gasteiger partial charge in [-0.3, -0.25) is 9.20 Å². The topological polar surface area (TPSA) is 95.7 Å². The number of benzene rings is 2. The zero-order valence-corrected chi connectivity index (χ0v) is 19.4. The normalized spacial score (nSPS) is 12.3. The van der Waals surface area contributed by atoms with E-state index in [1.54, 1.807) is 18.3 Å². The predicted molar refractivity (Wildman–Crippen MR) is 133 cm³/mol. The molecule has 0 bridgehead atoms. The highest BCUT2D eigenvalue weighted by Gasteiger charge is 2.23. The molecule has 0 saturated heterocycles. The number of carbonyl (C=O) groups excluding carboxylic acids is 1. The summed E-state index contributed by atoms with van der Waals surface area (Å²) >= 11 is 0. The molecule has 1 unspecified atom stereocenters. The Hall–Kier alpha value is -4.13. The van der Waals surface area contributed by atoms with Crippen LogP contribution < -0.4 is 10.6 Å². The van der Waals surface area contributed by atoms with E-state index >= 15 is 0 Å². The fourth-order valence-corrected chi connectivity index (χ4v) is 3.75. The molecular weight excluding hydrogens is 428 g/mol. The summed E-state index contributed by atoms with van der Waals surface area (Å²) < 4.78 is 1.91. The number of rotatable bonds is 7. The Morgan fingerprint density at radius 1 is 1.00 bits per heavy atom. The van der Waals surface area contributed by atoms with E-state index in [9.17, 15) is 14.7 Å². The van der Waals surface area contributed by atoms with Crippen LogP contribution in [0.3, 0.4) is 0 Å². The van der Waals surface area contributed by atoms with Crippen molar-refractivity contribution >= 4 is 23.3 Å². The van der Waals surface area contributed by atoms with Crippen LogP contribution in [0, 0.1) is 0 Å². The van der Waals surface area contributed by atoms with Crippen molar-refractivity contribution in [2.75, 3.05) is 5.32 Å². The molecule has 0 saturated carbocycles. The van der Waals surface area contributed by atoms with Crippen LogP contribution in [-0.4, -0.2) is 37.9 Å². The van der Waals surface area contributed by atoms with Crippen LogP contribution in [0.25, 0.3) is 16.9 Å². The Morgan fingerprint density at radius 2 is 1.65 bits per heavy atom. The van der Waals surface area contributed by atoms with Crippen molar-refractivity contribution in [1.29, 1.82) is 0 Å². The fourth-order valence-electron chi connectivity index (χ4n) is 3.75. The van der Waals surface area contributed by atoms with Gasteiger partial charge < -0.3 is 15.7 Å². The zero-order valence-electron chi connectivity index (χ0n) is 19.4. The van der Waals surface area contributed by atoms with Crippen LogP contribution in [0.15, 0.2) is 79.0 Å². The van der Waals surface area contributed by atoms with E-state index in [0.29, 0.717) is 11.2 Å². The van der Waals surface area contributed by atoms with Crippen molar-refractivity contribution in [3.63, 3.8) is 0 Å². The van der Waals surface area contributed by atoms with Crippen molar-refractivity contribution in [1.82, 2.24) is 14.7 Å². The molecule has 3 N–H and O–H groups in total. The van der Waals surface area contributed by atoms with Gasteiger partial charge in [0.1, 0.15) is 23.2 Å². The van der Waals surface area contributed by atoms with Crippen molar-refractivity contribution < 1.29 is 14.7 Å². The molecule has 4 aromatic rings. The highest BCUT2D eigenvalue weighted by molar-refractivity contribution is 5.97. The lowest BCUT2D eigenvalue weighted by Crippen LogP contribution is -2.42. The smallest absolute Gasteiger partial charge is 0.326 e. The van der Waals surface area contributed by atoms with Crippen LogP contribution in [0.1, 0.15) is 36.7 Å². The Bertz CT molecular complexity index is 1310. The number of pyridine rings is 1. The van der Waals surface area contributed by atoms with E-state index in [1.165, 1.54) is 0 Å². The number of aromatic nitrogens is 2. The molecule has 7 heteroatoms. The van der Waals surface area contributed by atoms with E-state index in [0.717, 1.165) is 22.6 Å². The van der Waals surface area contributed by atoms with Crippen LogP contribution in [0.5, 0.6) is 0 Å². The summed E-state index contributed by atoms with van der Waals surface area (Å²) in [5.74, 6) is -0.712. The van der Waals surface area contributed by atoms with Gasteiger partial charge in [0.05, 0.1) is 0 Å². The average Bonchev–Trinajstić information content (AvgIpc) is 3.16. The predicted octanol–water partition coefficient (Wildman–Crippen LogP) is 4.64. The standard InChI is InChI=1S/C27H28N4O3/c1-27(2,3)30-24-23(19-12-8-5-9-13-19)29-22-17-20(14-15-31(22)24)25(32)28-21(26(33)34)16-18-10-6-4-7-11-18/h4-15,17,21,30H,16H2,1-3H3,(H,28,32)(H,33,34). The summed E-state index contributed by atoms with van der Waals surface area (Å²) in [5.41, 5.74) is 3.30. The first-order valence-corrected chi connectivity index (χ1v) is 11.1. The molecule has 0 aliphatic carbocycles. The average molecular weight is 457 g/mol. The summed E-state index contributed by atoms with van der Waals surface area (Å²) in [6, 6.07) is 21.4. The summed E-state index contributed by atoms with van der Waals surface area (Å²) in [7, 11) is 0. The van der Waals surface area contributed by atoms with E-state index in [1.807, 2.05) is 65.1 Å². The van der Waals surface area contributed by atoms with Gasteiger partial charge in [-0.05, 0) is 38.5 Å². The second-order valence-corrected chi connectivity index (χ2v) is 9.25. The van der Waals surface area contributed by atoms with Crippen LogP contribution >= 0.6 is 0 Å². The van der Waals surface area contributed by atoms with E-state index in [2.05, 4.69) is 31.4 Å². The minimum Gasteiger partial charge on any atom is -0.480 e. The van der Waals surface area contributed by atoms with Crippen molar-refractivity contribution in [3.05, 3.63) is 90.1 Å². The van der Waals surface area contributed by atoms with Gasteiger partial charge >= 0.3 is 5.97 Å². The number of amides is 1. The molecule has 1 atom stereocenters. The van der Waals surface area contributed by atoms with E-state index in [4.69, 9.17) is 4.98 Å². The molecule has 2 heterocycles. The number of anilines is 1. The van der Waals surface area contributed by atoms with E-state index < -0.39 is 17.9 Å². The number of hydrogen-bond donors (Lipinski definition) is 3. The first kappa shape index (κ1) is 23.0. The van der Waals surface area contributed by atoms with Crippen LogP contribution in [0.2, 0.25) is 0 Å². The number of carboxylic acids is 1. The molecule has 2 aromatic heterocycles. The maximum atomic E-state index is 13.0. The fraction of sp³-hybridized carbons (Fsp3) is 0.222. The summed E-state index contributed by atoms with van der Waals surface area (Å²) in [6.45, 7) is 6.21. The molecule has 7 nitrogen and oxygen atoms in total. The second-order valence-electron chi connectivity index (χ2n) is 9.25.